The lowest BCUT2D eigenvalue weighted by molar-refractivity contribution is 0.101. The number of rotatable bonds is 6. The summed E-state index contributed by atoms with van der Waals surface area (Å²) in [4.78, 5) is 24.7. The highest BCUT2D eigenvalue weighted by atomic mass is 16.5. The fourth-order valence-electron chi connectivity index (χ4n) is 2.56. The fourth-order valence-corrected chi connectivity index (χ4v) is 2.56. The maximum atomic E-state index is 12.5. The first-order valence-electron chi connectivity index (χ1n) is 8.66. The molecule has 2 amide bonds. The van der Waals surface area contributed by atoms with Gasteiger partial charge in [0, 0.05) is 22.5 Å². The predicted octanol–water partition coefficient (Wildman–Crippen LogP) is 4.59. The van der Waals surface area contributed by atoms with Crippen molar-refractivity contribution in [3.63, 3.8) is 0 Å². The molecule has 0 unspecified atom stereocenters. The number of carbonyl (C=O) groups excluding carboxylic acids is 2. The third kappa shape index (κ3) is 4.95. The molecule has 3 aromatic carbocycles. The van der Waals surface area contributed by atoms with Crippen LogP contribution in [0, 0.1) is 0 Å². The van der Waals surface area contributed by atoms with Crippen molar-refractivity contribution in [2.75, 3.05) is 17.2 Å². The van der Waals surface area contributed by atoms with Crippen LogP contribution in [0.15, 0.2) is 78.9 Å². The van der Waals surface area contributed by atoms with E-state index < -0.39 is 0 Å². The van der Waals surface area contributed by atoms with Crippen LogP contribution in [0.4, 0.5) is 11.4 Å². The summed E-state index contributed by atoms with van der Waals surface area (Å²) in [5.41, 5.74) is 2.26. The van der Waals surface area contributed by atoms with Gasteiger partial charge in [0.05, 0.1) is 6.61 Å². The molecule has 0 aliphatic carbocycles. The monoisotopic (exact) mass is 360 g/mol. The molecule has 0 fully saturated rings. The van der Waals surface area contributed by atoms with E-state index in [1.807, 2.05) is 25.1 Å². The van der Waals surface area contributed by atoms with E-state index in [-0.39, 0.29) is 11.8 Å². The number of hydrogen-bond acceptors (Lipinski definition) is 3. The van der Waals surface area contributed by atoms with Gasteiger partial charge in [-0.25, -0.2) is 0 Å². The molecule has 136 valence electrons. The first-order valence-corrected chi connectivity index (χ1v) is 8.66. The van der Waals surface area contributed by atoms with Gasteiger partial charge in [-0.2, -0.15) is 0 Å². The summed E-state index contributed by atoms with van der Waals surface area (Å²) in [6, 6.07) is 23.0. The Bertz CT molecular complexity index is 939. The predicted molar refractivity (Wildman–Crippen MR) is 106 cm³/mol. The van der Waals surface area contributed by atoms with Gasteiger partial charge >= 0.3 is 0 Å². The third-order valence-electron chi connectivity index (χ3n) is 3.82. The van der Waals surface area contributed by atoms with Crippen LogP contribution in [0.2, 0.25) is 0 Å². The molecule has 0 aliphatic rings. The maximum Gasteiger partial charge on any atom is 0.255 e. The first-order chi connectivity index (χ1) is 13.2. The van der Waals surface area contributed by atoms with E-state index in [1.54, 1.807) is 60.7 Å². The van der Waals surface area contributed by atoms with E-state index in [4.69, 9.17) is 4.74 Å². The first kappa shape index (κ1) is 18.2. The van der Waals surface area contributed by atoms with Crippen molar-refractivity contribution in [2.45, 2.75) is 6.92 Å². The highest BCUT2D eigenvalue weighted by Crippen LogP contribution is 2.19. The zero-order chi connectivity index (χ0) is 19.1. The maximum absolute atomic E-state index is 12.5. The van der Waals surface area contributed by atoms with Crippen molar-refractivity contribution in [3.05, 3.63) is 90.0 Å². The van der Waals surface area contributed by atoms with Crippen LogP contribution in [-0.4, -0.2) is 18.4 Å². The van der Waals surface area contributed by atoms with Crippen molar-refractivity contribution < 1.29 is 14.3 Å². The lowest BCUT2D eigenvalue weighted by Crippen LogP contribution is -2.14. The van der Waals surface area contributed by atoms with Gasteiger partial charge in [0.1, 0.15) is 5.75 Å². The minimum Gasteiger partial charge on any atom is -0.494 e. The Labute approximate surface area is 158 Å². The zero-order valence-electron chi connectivity index (χ0n) is 14.9. The molecule has 3 rings (SSSR count). The smallest absolute Gasteiger partial charge is 0.255 e. The number of nitrogens with one attached hydrogen (secondary N) is 2. The summed E-state index contributed by atoms with van der Waals surface area (Å²) in [5, 5.41) is 5.66. The summed E-state index contributed by atoms with van der Waals surface area (Å²) in [5.74, 6) is 0.195. The Balaban J connectivity index is 1.69. The number of hydrogen-bond donors (Lipinski definition) is 2. The van der Waals surface area contributed by atoms with Crippen LogP contribution < -0.4 is 15.4 Å². The minimum atomic E-state index is -0.247. The number of ether oxygens (including phenoxy) is 1. The van der Waals surface area contributed by atoms with Gasteiger partial charge in [0.2, 0.25) is 0 Å². The number of amides is 2. The molecule has 0 spiro atoms. The summed E-state index contributed by atoms with van der Waals surface area (Å²) in [6.07, 6.45) is 0. The van der Waals surface area contributed by atoms with Crippen molar-refractivity contribution in [3.8, 4) is 5.75 Å². The van der Waals surface area contributed by atoms with Gasteiger partial charge in [0.15, 0.2) is 0 Å². The third-order valence-corrected chi connectivity index (χ3v) is 3.82. The molecule has 3 aromatic rings. The Morgan fingerprint density at radius 3 is 2.00 bits per heavy atom. The van der Waals surface area contributed by atoms with Crippen molar-refractivity contribution in [1.82, 2.24) is 0 Å². The van der Waals surface area contributed by atoms with Gasteiger partial charge in [-0.15, -0.1) is 0 Å². The lowest BCUT2D eigenvalue weighted by Gasteiger charge is -2.10. The zero-order valence-corrected chi connectivity index (χ0v) is 14.9. The van der Waals surface area contributed by atoms with Crippen molar-refractivity contribution in [2.24, 2.45) is 0 Å². The highest BCUT2D eigenvalue weighted by molar-refractivity contribution is 6.06. The Hall–Kier alpha value is -3.60. The van der Waals surface area contributed by atoms with E-state index in [9.17, 15) is 9.59 Å². The largest absolute Gasteiger partial charge is 0.494 e. The average Bonchev–Trinajstić information content (AvgIpc) is 2.69. The summed E-state index contributed by atoms with van der Waals surface area (Å²) >= 11 is 0. The van der Waals surface area contributed by atoms with Gasteiger partial charge in [0.25, 0.3) is 11.8 Å². The van der Waals surface area contributed by atoms with E-state index in [0.717, 1.165) is 0 Å². The Morgan fingerprint density at radius 1 is 0.741 bits per heavy atom. The molecule has 0 aromatic heterocycles. The highest BCUT2D eigenvalue weighted by Gasteiger charge is 2.09. The number of benzene rings is 3. The average molecular weight is 360 g/mol. The Morgan fingerprint density at radius 2 is 1.33 bits per heavy atom. The van der Waals surface area contributed by atoms with E-state index in [1.165, 1.54) is 0 Å². The molecule has 0 bridgehead atoms. The second-order valence-electron chi connectivity index (χ2n) is 5.82. The van der Waals surface area contributed by atoms with Gasteiger partial charge in [-0.1, -0.05) is 30.3 Å². The molecule has 0 radical (unpaired) electrons. The van der Waals surface area contributed by atoms with Gasteiger partial charge < -0.3 is 15.4 Å². The molecular weight excluding hydrogens is 340 g/mol. The molecule has 2 N–H and O–H groups in total. The van der Waals surface area contributed by atoms with E-state index in [2.05, 4.69) is 10.6 Å². The summed E-state index contributed by atoms with van der Waals surface area (Å²) < 4.78 is 5.42. The number of anilines is 2. The summed E-state index contributed by atoms with van der Waals surface area (Å²) in [6.45, 7) is 2.43. The minimum absolute atomic E-state index is 0.205. The van der Waals surface area contributed by atoms with Crippen LogP contribution >= 0.6 is 0 Å². The number of carbonyl (C=O) groups is 2. The lowest BCUT2D eigenvalue weighted by atomic mass is 10.2. The molecule has 5 nitrogen and oxygen atoms in total. The summed E-state index contributed by atoms with van der Waals surface area (Å²) in [7, 11) is 0. The van der Waals surface area contributed by atoms with Crippen molar-refractivity contribution >= 4 is 23.2 Å². The Kier molecular flexibility index (Phi) is 5.84. The molecule has 5 heteroatoms. The normalized spacial score (nSPS) is 10.1. The molecule has 0 saturated carbocycles. The van der Waals surface area contributed by atoms with Crippen LogP contribution in [0.25, 0.3) is 0 Å². The molecule has 0 saturated heterocycles. The van der Waals surface area contributed by atoms with Gasteiger partial charge in [-0.3, -0.25) is 9.59 Å². The van der Waals surface area contributed by atoms with Crippen LogP contribution in [0.1, 0.15) is 27.6 Å². The topological polar surface area (TPSA) is 67.4 Å². The standard InChI is InChI=1S/C22H20N2O3/c1-2-27-20-13-6-10-17(14-20)22(26)24-19-12-7-11-18(15-19)23-21(25)16-8-4-3-5-9-16/h3-15H,2H2,1H3,(H,23,25)(H,24,26). The van der Waals surface area contributed by atoms with Crippen LogP contribution in [0.5, 0.6) is 5.75 Å². The molecule has 0 aliphatic heterocycles. The van der Waals surface area contributed by atoms with Crippen LogP contribution in [0.3, 0.4) is 0 Å². The van der Waals surface area contributed by atoms with Crippen LogP contribution in [-0.2, 0) is 0 Å². The SMILES string of the molecule is CCOc1cccc(C(=O)Nc2cccc(NC(=O)c3ccccc3)c2)c1. The second kappa shape index (κ2) is 8.67. The van der Waals surface area contributed by atoms with Gasteiger partial charge in [-0.05, 0) is 55.5 Å². The molecular formula is C22H20N2O3. The fraction of sp³-hybridized carbons (Fsp3) is 0.0909. The molecule has 0 atom stereocenters. The molecule has 0 heterocycles. The second-order valence-corrected chi connectivity index (χ2v) is 5.82. The quantitative estimate of drug-likeness (QED) is 0.676. The van der Waals surface area contributed by atoms with E-state index in [0.29, 0.717) is 34.9 Å². The van der Waals surface area contributed by atoms with Crippen molar-refractivity contribution in [1.29, 1.82) is 0 Å². The van der Waals surface area contributed by atoms with E-state index >= 15 is 0 Å². The molecule has 27 heavy (non-hydrogen) atoms.